The van der Waals surface area contributed by atoms with Gasteiger partial charge in [0, 0.05) is 57.4 Å². The number of fused-ring (bicyclic) bond motifs is 1. The van der Waals surface area contributed by atoms with Crippen LogP contribution in [0.1, 0.15) is 85.4 Å². The van der Waals surface area contributed by atoms with Gasteiger partial charge in [0.05, 0.1) is 16.1 Å². The fourth-order valence-electron chi connectivity index (χ4n) is 6.08. The van der Waals surface area contributed by atoms with Gasteiger partial charge in [-0.15, -0.1) is 0 Å². The first kappa shape index (κ1) is 27.8. The number of amides is 2. The Morgan fingerprint density at radius 3 is 2.32 bits per heavy atom. The third-order valence-corrected chi connectivity index (χ3v) is 8.63. The van der Waals surface area contributed by atoms with E-state index in [1.807, 2.05) is 31.9 Å². The fourth-order valence-corrected chi connectivity index (χ4v) is 6.08. The summed E-state index contributed by atoms with van der Waals surface area (Å²) >= 11 is 0. The van der Waals surface area contributed by atoms with Crippen LogP contribution in [0, 0.1) is 17.3 Å². The predicted molar refractivity (Wildman–Crippen MR) is 141 cm³/mol. The number of alkyl halides is 2. The molecule has 1 aromatic heterocycles. The van der Waals surface area contributed by atoms with Crippen molar-refractivity contribution in [1.29, 1.82) is 0 Å². The van der Waals surface area contributed by atoms with Gasteiger partial charge >= 0.3 is 0 Å². The molecule has 0 spiro atoms. The molecule has 0 radical (unpaired) electrons. The minimum Gasteiger partial charge on any atom is -0.346 e. The molecule has 8 heteroatoms. The molecule has 1 aliphatic heterocycles. The Balaban J connectivity index is 1.54. The Kier molecular flexibility index (Phi) is 7.61. The number of carbonyl (C=O) groups is 2. The highest BCUT2D eigenvalue weighted by Gasteiger charge is 2.40. The normalized spacial score (nSPS) is 24.7. The number of piperidine rings is 1. The van der Waals surface area contributed by atoms with Crippen molar-refractivity contribution >= 4 is 24.0 Å². The Hall–Kier alpha value is -2.25. The van der Waals surface area contributed by atoms with E-state index in [4.69, 9.17) is 4.98 Å². The SMILES string of the molecule is CCN(C)C(=O)C1CCN(C(=O)[C@@]2(C)C=c3nc(C(C)(C)C)n(CC4CCC(F)(F)CC4)c3=CC2)CC1. The van der Waals surface area contributed by atoms with Crippen molar-refractivity contribution in [2.24, 2.45) is 17.3 Å². The summed E-state index contributed by atoms with van der Waals surface area (Å²) in [6, 6.07) is 0. The molecule has 1 atom stereocenters. The molecule has 3 aliphatic rings. The van der Waals surface area contributed by atoms with E-state index in [-0.39, 0.29) is 41.9 Å². The summed E-state index contributed by atoms with van der Waals surface area (Å²) in [5.41, 5.74) is -0.899. The summed E-state index contributed by atoms with van der Waals surface area (Å²) in [5.74, 6) is -1.14. The Morgan fingerprint density at radius 1 is 1.14 bits per heavy atom. The Morgan fingerprint density at radius 2 is 1.76 bits per heavy atom. The zero-order valence-electron chi connectivity index (χ0n) is 23.4. The number of nitrogens with zero attached hydrogens (tertiary/aromatic N) is 4. The zero-order chi connectivity index (χ0) is 27.2. The summed E-state index contributed by atoms with van der Waals surface area (Å²) in [4.78, 5) is 34.9. The zero-order valence-corrected chi connectivity index (χ0v) is 23.4. The molecule has 0 bridgehead atoms. The predicted octanol–water partition coefficient (Wildman–Crippen LogP) is 3.69. The average molecular weight is 519 g/mol. The second-order valence-corrected chi connectivity index (χ2v) is 12.8. The highest BCUT2D eigenvalue weighted by atomic mass is 19.3. The lowest BCUT2D eigenvalue weighted by Crippen LogP contribution is -2.49. The highest BCUT2D eigenvalue weighted by molar-refractivity contribution is 5.90. The maximum atomic E-state index is 13.7. The van der Waals surface area contributed by atoms with Crippen molar-refractivity contribution in [3.05, 3.63) is 16.5 Å². The van der Waals surface area contributed by atoms with Gasteiger partial charge in [0.15, 0.2) is 0 Å². The van der Waals surface area contributed by atoms with E-state index in [0.717, 1.165) is 16.5 Å². The fraction of sp³-hybridized carbons (Fsp3) is 0.759. The molecule has 0 aromatic carbocycles. The van der Waals surface area contributed by atoms with Gasteiger partial charge in [-0.05, 0) is 57.9 Å². The molecule has 2 fully saturated rings. The van der Waals surface area contributed by atoms with E-state index in [9.17, 15) is 18.4 Å². The summed E-state index contributed by atoms with van der Waals surface area (Å²) < 4.78 is 29.7. The number of rotatable bonds is 5. The molecule has 0 N–H and O–H groups in total. The van der Waals surface area contributed by atoms with Gasteiger partial charge in [0.2, 0.25) is 17.7 Å². The van der Waals surface area contributed by atoms with Crippen LogP contribution in [-0.2, 0) is 21.5 Å². The lowest BCUT2D eigenvalue weighted by Gasteiger charge is -2.37. The lowest BCUT2D eigenvalue weighted by atomic mass is 9.81. The number of imidazole rings is 1. The second kappa shape index (κ2) is 10.1. The Labute approximate surface area is 219 Å². The quantitative estimate of drug-likeness (QED) is 0.598. The summed E-state index contributed by atoms with van der Waals surface area (Å²) in [5, 5.41) is 1.84. The molecule has 206 valence electrons. The first-order valence-corrected chi connectivity index (χ1v) is 14.0. The maximum Gasteiger partial charge on any atom is 0.248 e. The van der Waals surface area contributed by atoms with Gasteiger partial charge in [-0.2, -0.15) is 0 Å². The number of hydrogen-bond donors (Lipinski definition) is 0. The molecule has 2 aliphatic carbocycles. The van der Waals surface area contributed by atoms with Gasteiger partial charge in [0.1, 0.15) is 5.82 Å². The standard InChI is InChI=1S/C29H44F2N4O2/c1-7-33(6)24(36)21-11-16-34(17-12-21)26(37)28(5)13-10-23-22(18-28)32-25(27(2,3)4)35(23)19-20-8-14-29(30,31)15-9-20/h10,18,20-21H,7-9,11-17,19H2,1-6H3/t28-/m1/s1. The number of halogens is 2. The molecule has 6 nitrogen and oxygen atoms in total. The van der Waals surface area contributed by atoms with E-state index in [1.165, 1.54) is 0 Å². The number of hydrogen-bond acceptors (Lipinski definition) is 3. The third kappa shape index (κ3) is 5.78. The number of aromatic nitrogens is 2. The van der Waals surface area contributed by atoms with Crippen molar-refractivity contribution in [2.75, 3.05) is 26.7 Å². The molecular weight excluding hydrogens is 474 g/mol. The summed E-state index contributed by atoms with van der Waals surface area (Å²) in [7, 11) is 1.83. The second-order valence-electron chi connectivity index (χ2n) is 12.8. The van der Waals surface area contributed by atoms with Crippen molar-refractivity contribution in [1.82, 2.24) is 19.4 Å². The lowest BCUT2D eigenvalue weighted by molar-refractivity contribution is -0.143. The van der Waals surface area contributed by atoms with E-state index in [0.29, 0.717) is 58.3 Å². The number of carbonyl (C=O) groups excluding carboxylic acids is 2. The van der Waals surface area contributed by atoms with Crippen molar-refractivity contribution in [3.8, 4) is 0 Å². The molecule has 4 rings (SSSR count). The third-order valence-electron chi connectivity index (χ3n) is 8.63. The first-order valence-electron chi connectivity index (χ1n) is 14.0. The minimum atomic E-state index is -2.53. The van der Waals surface area contributed by atoms with Crippen molar-refractivity contribution in [2.45, 2.75) is 97.4 Å². The monoisotopic (exact) mass is 518 g/mol. The molecule has 37 heavy (non-hydrogen) atoms. The van der Waals surface area contributed by atoms with Crippen LogP contribution in [-0.4, -0.2) is 63.8 Å². The van der Waals surface area contributed by atoms with E-state index in [1.54, 1.807) is 4.90 Å². The van der Waals surface area contributed by atoms with E-state index in [2.05, 4.69) is 31.4 Å². The Bertz CT molecular complexity index is 1130. The van der Waals surface area contributed by atoms with Crippen LogP contribution in [0.4, 0.5) is 8.78 Å². The van der Waals surface area contributed by atoms with Crippen LogP contribution in [0.3, 0.4) is 0 Å². The van der Waals surface area contributed by atoms with Gasteiger partial charge in [0.25, 0.3) is 0 Å². The van der Waals surface area contributed by atoms with E-state index >= 15 is 0 Å². The molecule has 1 saturated heterocycles. The molecule has 2 heterocycles. The highest BCUT2D eigenvalue weighted by Crippen LogP contribution is 2.37. The average Bonchev–Trinajstić information content (AvgIpc) is 3.21. The summed E-state index contributed by atoms with van der Waals surface area (Å²) in [6.07, 6.45) is 7.08. The molecule has 0 unspecified atom stereocenters. The topological polar surface area (TPSA) is 58.4 Å². The largest absolute Gasteiger partial charge is 0.346 e. The van der Waals surface area contributed by atoms with Crippen LogP contribution in [0.15, 0.2) is 0 Å². The van der Waals surface area contributed by atoms with Gasteiger partial charge in [-0.3, -0.25) is 9.59 Å². The van der Waals surface area contributed by atoms with Crippen LogP contribution in [0.5, 0.6) is 0 Å². The van der Waals surface area contributed by atoms with Crippen molar-refractivity contribution in [3.63, 3.8) is 0 Å². The minimum absolute atomic E-state index is 0.0138. The molecular formula is C29H44F2N4O2. The van der Waals surface area contributed by atoms with Gasteiger partial charge in [-0.25, -0.2) is 13.8 Å². The van der Waals surface area contributed by atoms with Crippen LogP contribution < -0.4 is 10.7 Å². The van der Waals surface area contributed by atoms with Crippen LogP contribution in [0.25, 0.3) is 12.2 Å². The maximum absolute atomic E-state index is 13.7. The summed E-state index contributed by atoms with van der Waals surface area (Å²) in [6.45, 7) is 12.9. The molecule has 2 amide bonds. The first-order chi connectivity index (χ1) is 17.2. The van der Waals surface area contributed by atoms with Crippen LogP contribution in [0.2, 0.25) is 0 Å². The van der Waals surface area contributed by atoms with Gasteiger partial charge < -0.3 is 14.4 Å². The number of likely N-dealkylation sites (tertiary alicyclic amines) is 1. The molecule has 1 aromatic rings. The van der Waals surface area contributed by atoms with Crippen molar-refractivity contribution < 1.29 is 18.4 Å². The van der Waals surface area contributed by atoms with E-state index < -0.39 is 11.3 Å². The van der Waals surface area contributed by atoms with Gasteiger partial charge in [-0.1, -0.05) is 26.8 Å². The molecule has 1 saturated carbocycles. The van der Waals surface area contributed by atoms with Crippen LogP contribution >= 0.6 is 0 Å². The smallest absolute Gasteiger partial charge is 0.248 e.